The molecule has 256 valence electrons. The fourth-order valence-electron chi connectivity index (χ4n) is 5.13. The van der Waals surface area contributed by atoms with E-state index < -0.39 is 50.3 Å². The minimum atomic E-state index is -4.07. The highest BCUT2D eigenvalue weighted by Crippen LogP contribution is 2.42. The van der Waals surface area contributed by atoms with Gasteiger partial charge in [0.2, 0.25) is 15.9 Å². The Balaban J connectivity index is 1.47. The van der Waals surface area contributed by atoms with Gasteiger partial charge in [0, 0.05) is 42.3 Å². The Morgan fingerprint density at radius 1 is 1.13 bits per heavy atom. The molecular weight excluding hydrogens is 649 g/mol. The number of sulfonamides is 1. The van der Waals surface area contributed by atoms with Gasteiger partial charge in [0.1, 0.15) is 22.6 Å². The van der Waals surface area contributed by atoms with Gasteiger partial charge in [-0.2, -0.15) is 4.31 Å². The molecule has 1 aromatic carbocycles. The van der Waals surface area contributed by atoms with Crippen LogP contribution in [0.5, 0.6) is 0 Å². The van der Waals surface area contributed by atoms with E-state index in [0.717, 1.165) is 4.31 Å². The lowest BCUT2D eigenvalue weighted by atomic mass is 10.0. The number of anilines is 1. The number of aliphatic hydroxyl groups excluding tert-OH is 1. The minimum absolute atomic E-state index is 0.0313. The van der Waals surface area contributed by atoms with E-state index >= 15 is 0 Å². The zero-order valence-corrected chi connectivity index (χ0v) is 28.8. The van der Waals surface area contributed by atoms with Crippen LogP contribution in [0.15, 0.2) is 66.2 Å². The lowest BCUT2D eigenvalue weighted by molar-refractivity contribution is -0.168. The molecule has 4 rings (SSSR count). The smallest absolute Gasteiger partial charge is 0.329 e. The Morgan fingerprint density at radius 3 is 2.36 bits per heavy atom. The fraction of sp³-hybridized carbons (Fsp3) is 0.484. The molecule has 2 aliphatic heterocycles. The number of pyridine rings is 1. The Bertz CT molecular complexity index is 1560. The number of benzene rings is 1. The normalized spacial score (nSPS) is 19.4. The molecule has 47 heavy (non-hydrogen) atoms. The average molecular weight is 691 g/mol. The number of hydrogen-bond donors (Lipinski definition) is 3. The minimum Gasteiger partial charge on any atom is -0.480 e. The molecule has 0 unspecified atom stereocenters. The fourth-order valence-corrected chi connectivity index (χ4v) is 8.26. The zero-order chi connectivity index (χ0) is 34.6. The van der Waals surface area contributed by atoms with Crippen LogP contribution in [-0.2, 0) is 35.6 Å². The van der Waals surface area contributed by atoms with Gasteiger partial charge in [-0.1, -0.05) is 12.1 Å². The zero-order valence-electron chi connectivity index (χ0n) is 27.1. The maximum Gasteiger partial charge on any atom is 0.329 e. The van der Waals surface area contributed by atoms with Crippen molar-refractivity contribution in [2.24, 2.45) is 0 Å². The summed E-state index contributed by atoms with van der Waals surface area (Å²) in [6.45, 7) is 13.6. The van der Waals surface area contributed by atoms with Crippen LogP contribution in [0.3, 0.4) is 0 Å². The average Bonchev–Trinajstić information content (AvgIpc) is 3.33. The van der Waals surface area contributed by atoms with E-state index in [0.29, 0.717) is 37.4 Å². The second-order valence-corrected chi connectivity index (χ2v) is 16.2. The Kier molecular flexibility index (Phi) is 11.1. The van der Waals surface area contributed by atoms with Crippen LogP contribution < -0.4 is 10.6 Å². The van der Waals surface area contributed by atoms with Crippen molar-refractivity contribution in [1.29, 1.82) is 0 Å². The van der Waals surface area contributed by atoms with E-state index in [-0.39, 0.29) is 23.2 Å². The van der Waals surface area contributed by atoms with Gasteiger partial charge in [-0.15, -0.1) is 16.8 Å². The van der Waals surface area contributed by atoms with Gasteiger partial charge in [-0.25, -0.2) is 18.0 Å². The Morgan fingerprint density at radius 2 is 1.79 bits per heavy atom. The summed E-state index contributed by atoms with van der Waals surface area (Å²) < 4.78 is 33.1. The third kappa shape index (κ3) is 9.37. The molecule has 14 nitrogen and oxygen atoms in total. The van der Waals surface area contributed by atoms with Gasteiger partial charge in [0.25, 0.3) is 5.95 Å². The highest BCUT2D eigenvalue weighted by molar-refractivity contribution is 8.02. The van der Waals surface area contributed by atoms with E-state index in [4.69, 9.17) is 9.57 Å². The number of carbonyl (C=O) groups is 3. The third-order valence-electron chi connectivity index (χ3n) is 7.41. The summed E-state index contributed by atoms with van der Waals surface area (Å²) in [6.07, 6.45) is 2.76. The van der Waals surface area contributed by atoms with Crippen LogP contribution in [0.1, 0.15) is 40.2 Å². The number of hydrogen-bond acceptors (Lipinski definition) is 11. The molecular formula is C31H42N6O8S2. The molecule has 0 aliphatic carbocycles. The monoisotopic (exact) mass is 690 g/mol. The largest absolute Gasteiger partial charge is 0.480 e. The number of amides is 3. The lowest BCUT2D eigenvalue weighted by Crippen LogP contribution is -2.57. The molecule has 3 heterocycles. The van der Waals surface area contributed by atoms with Gasteiger partial charge in [0.05, 0.1) is 19.0 Å². The van der Waals surface area contributed by atoms with Crippen molar-refractivity contribution in [3.8, 4) is 0 Å². The summed E-state index contributed by atoms with van der Waals surface area (Å²) in [5.74, 6) is -1.65. The van der Waals surface area contributed by atoms with Gasteiger partial charge in [0.15, 0.2) is 0 Å². The Hall–Kier alpha value is -3.86. The first-order valence-corrected chi connectivity index (χ1v) is 17.4. The van der Waals surface area contributed by atoms with Gasteiger partial charge >= 0.3 is 12.0 Å². The van der Waals surface area contributed by atoms with E-state index in [9.17, 15) is 27.9 Å². The molecule has 16 heteroatoms. The summed E-state index contributed by atoms with van der Waals surface area (Å²) in [4.78, 5) is 50.6. The van der Waals surface area contributed by atoms with Crippen LogP contribution in [0.2, 0.25) is 0 Å². The van der Waals surface area contributed by atoms with E-state index in [2.05, 4.69) is 22.2 Å². The summed E-state index contributed by atoms with van der Waals surface area (Å²) in [5, 5.41) is 16.3. The summed E-state index contributed by atoms with van der Waals surface area (Å²) in [6, 6.07) is 7.23. The van der Waals surface area contributed by atoms with Crippen molar-refractivity contribution in [1.82, 2.24) is 24.6 Å². The predicted molar refractivity (Wildman–Crippen MR) is 177 cm³/mol. The van der Waals surface area contributed by atoms with Crippen LogP contribution in [0, 0.1) is 0 Å². The molecule has 0 spiro atoms. The number of aliphatic hydroxyl groups is 1. The summed E-state index contributed by atoms with van der Waals surface area (Å²) in [7, 11) is -4.07. The van der Waals surface area contributed by atoms with E-state index in [1.54, 1.807) is 63.8 Å². The maximum atomic E-state index is 13.9. The van der Waals surface area contributed by atoms with Crippen molar-refractivity contribution < 1.29 is 37.5 Å². The molecule has 2 fully saturated rings. The highest BCUT2D eigenvalue weighted by atomic mass is 32.2. The third-order valence-corrected chi connectivity index (χ3v) is 10.7. The van der Waals surface area contributed by atoms with Crippen LogP contribution >= 0.6 is 11.8 Å². The van der Waals surface area contributed by atoms with Crippen LogP contribution in [0.25, 0.3) is 0 Å². The van der Waals surface area contributed by atoms with Crippen molar-refractivity contribution in [2.45, 2.75) is 68.4 Å². The predicted octanol–water partition coefficient (Wildman–Crippen LogP) is 3.10. The number of carbonyl (C=O) groups excluding carboxylic acids is 3. The molecule has 3 amide bonds. The molecule has 0 radical (unpaired) electrons. The number of urea groups is 1. The van der Waals surface area contributed by atoms with Crippen molar-refractivity contribution in [2.75, 3.05) is 37.4 Å². The Labute approximate surface area is 279 Å². The van der Waals surface area contributed by atoms with Crippen LogP contribution in [-0.4, -0.2) is 105 Å². The van der Waals surface area contributed by atoms with Gasteiger partial charge in [-0.3, -0.25) is 9.78 Å². The summed E-state index contributed by atoms with van der Waals surface area (Å²) in [5.41, 5.74) is 0.366. The summed E-state index contributed by atoms with van der Waals surface area (Å²) >= 11 is 1.32. The lowest BCUT2D eigenvalue weighted by Gasteiger charge is -2.33. The number of hydroxylamine groups is 2. The number of nitrogens with one attached hydrogen (secondary N) is 2. The first-order valence-electron chi connectivity index (χ1n) is 15.0. The second kappa shape index (κ2) is 14.5. The van der Waals surface area contributed by atoms with E-state index in [1.807, 2.05) is 0 Å². The number of rotatable bonds is 10. The molecule has 3 N–H and O–H groups in total. The molecule has 1 aromatic heterocycles. The van der Waals surface area contributed by atoms with Gasteiger partial charge < -0.3 is 30.2 Å². The molecule has 2 aromatic rings. The second-order valence-electron chi connectivity index (χ2n) is 12.7. The SMILES string of the molecule is C=C(O)ON1CCN(C(=O)Nc2ccc(C[C@H](NC(=O)[C@H]3N(S(=O)(=O)c4cccnc4)CSC3(C)C)C(=O)OC(C)(C)C)cc2)CC1. The van der Waals surface area contributed by atoms with Gasteiger partial charge in [-0.05, 0) is 71.0 Å². The molecule has 2 saturated heterocycles. The molecule has 2 atom stereocenters. The number of aromatic nitrogens is 1. The van der Waals surface area contributed by atoms with Crippen molar-refractivity contribution >= 4 is 45.4 Å². The molecule has 0 bridgehead atoms. The standard InChI is InChI=1S/C31H42N6O8S2/c1-21(38)45-36-16-14-35(15-17-36)29(41)33-23-11-9-22(10-12-23)18-25(28(40)44-30(2,3)4)34-27(39)26-31(5,6)46-20-37(26)47(42,43)24-8-7-13-32-19-24/h7-13,19,25-26,38H,1,14-18,20H2,2-6H3,(H,33,41)(H,34,39)/t25-,26+/m0/s1. The first kappa shape index (κ1) is 36.0. The van der Waals surface area contributed by atoms with Crippen LogP contribution in [0.4, 0.5) is 10.5 Å². The number of ether oxygens (including phenoxy) is 1. The molecule has 0 saturated carbocycles. The first-order chi connectivity index (χ1) is 22.0. The maximum absolute atomic E-state index is 13.9. The quantitative estimate of drug-likeness (QED) is 0.247. The van der Waals surface area contributed by atoms with E-state index in [1.165, 1.54) is 41.4 Å². The number of nitrogens with zero attached hydrogens (tertiary/aromatic N) is 4. The number of thioether (sulfide) groups is 1. The number of esters is 1. The van der Waals surface area contributed by atoms with Crippen molar-refractivity contribution in [3.05, 3.63) is 66.9 Å². The van der Waals surface area contributed by atoms with Crippen molar-refractivity contribution in [3.63, 3.8) is 0 Å². The highest BCUT2D eigenvalue weighted by Gasteiger charge is 2.51. The number of piperazine rings is 1. The topological polar surface area (TPSA) is 171 Å². The molecule has 2 aliphatic rings.